The highest BCUT2D eigenvalue weighted by Crippen LogP contribution is 2.16. The van der Waals surface area contributed by atoms with Gasteiger partial charge in [-0.2, -0.15) is 4.98 Å². The van der Waals surface area contributed by atoms with Gasteiger partial charge in [0.25, 0.3) is 6.01 Å². The number of nitrogens with two attached hydrogens (primary N) is 1. The second-order valence-corrected chi connectivity index (χ2v) is 3.37. The molecule has 0 atom stereocenters. The summed E-state index contributed by atoms with van der Waals surface area (Å²) in [7, 11) is 0. The van der Waals surface area contributed by atoms with Crippen LogP contribution in [0.15, 0.2) is 4.42 Å². The summed E-state index contributed by atoms with van der Waals surface area (Å²) in [4.78, 5) is 4.09. The van der Waals surface area contributed by atoms with Gasteiger partial charge in [0.1, 0.15) is 5.76 Å². The summed E-state index contributed by atoms with van der Waals surface area (Å²) in [5.74, 6) is 1.53. The Morgan fingerprint density at radius 3 is 2.67 bits per heavy atom. The predicted molar refractivity (Wildman–Crippen MR) is 48.8 cm³/mol. The van der Waals surface area contributed by atoms with E-state index in [0.717, 1.165) is 24.3 Å². The number of hydrogen-bond donors (Lipinski definition) is 1. The van der Waals surface area contributed by atoms with E-state index in [1.165, 1.54) is 0 Å². The van der Waals surface area contributed by atoms with E-state index in [1.807, 2.05) is 0 Å². The first-order chi connectivity index (χ1) is 5.63. The fourth-order valence-corrected chi connectivity index (χ4v) is 1.21. The highest BCUT2D eigenvalue weighted by atomic mass is 16.4. The van der Waals surface area contributed by atoms with Gasteiger partial charge < -0.3 is 10.2 Å². The number of oxazole rings is 1. The fourth-order valence-electron chi connectivity index (χ4n) is 1.21. The lowest BCUT2D eigenvalue weighted by Gasteiger charge is -2.01. The zero-order chi connectivity index (χ0) is 9.14. The van der Waals surface area contributed by atoms with Crippen molar-refractivity contribution in [1.82, 2.24) is 4.98 Å². The van der Waals surface area contributed by atoms with Crippen LogP contribution in [0.2, 0.25) is 0 Å². The van der Waals surface area contributed by atoms with Crippen molar-refractivity contribution in [2.75, 3.05) is 5.73 Å². The summed E-state index contributed by atoms with van der Waals surface area (Å²) in [5, 5.41) is 0. The zero-order valence-corrected chi connectivity index (χ0v) is 7.92. The number of aryl methyl sites for hydroxylation is 1. The molecule has 3 nitrogen and oxygen atoms in total. The Morgan fingerprint density at radius 1 is 1.50 bits per heavy atom. The average Bonchev–Trinajstić information content (AvgIpc) is 2.29. The second-order valence-electron chi connectivity index (χ2n) is 3.37. The zero-order valence-electron chi connectivity index (χ0n) is 7.92. The molecule has 0 fully saturated rings. The van der Waals surface area contributed by atoms with Gasteiger partial charge in [-0.15, -0.1) is 0 Å². The Hall–Kier alpha value is -0.990. The molecule has 2 N–H and O–H groups in total. The van der Waals surface area contributed by atoms with Gasteiger partial charge in [-0.1, -0.05) is 20.8 Å². The second kappa shape index (κ2) is 3.61. The number of nitrogens with zero attached hydrogens (tertiary/aromatic N) is 1. The van der Waals surface area contributed by atoms with E-state index in [4.69, 9.17) is 10.2 Å². The first kappa shape index (κ1) is 9.10. The van der Waals surface area contributed by atoms with Crippen molar-refractivity contribution in [3.63, 3.8) is 0 Å². The summed E-state index contributed by atoms with van der Waals surface area (Å²) in [6.45, 7) is 6.36. The van der Waals surface area contributed by atoms with Crippen molar-refractivity contribution in [3.8, 4) is 0 Å². The molecule has 0 aliphatic carbocycles. The third-order valence-corrected chi connectivity index (χ3v) is 1.72. The molecule has 0 aliphatic rings. The molecule has 3 heteroatoms. The molecular weight excluding hydrogens is 152 g/mol. The third-order valence-electron chi connectivity index (χ3n) is 1.72. The number of aromatic nitrogens is 1. The summed E-state index contributed by atoms with van der Waals surface area (Å²) >= 11 is 0. The Bertz CT molecular complexity index is 253. The van der Waals surface area contributed by atoms with Gasteiger partial charge in [0.15, 0.2) is 0 Å². The molecule has 0 saturated carbocycles. The van der Waals surface area contributed by atoms with E-state index in [1.54, 1.807) is 0 Å². The minimum absolute atomic E-state index is 0.294. The topological polar surface area (TPSA) is 52.0 Å². The molecule has 0 unspecified atom stereocenters. The minimum Gasteiger partial charge on any atom is -0.429 e. The summed E-state index contributed by atoms with van der Waals surface area (Å²) in [5.41, 5.74) is 6.45. The van der Waals surface area contributed by atoms with Crippen LogP contribution >= 0.6 is 0 Å². The number of hydrogen-bond acceptors (Lipinski definition) is 3. The standard InChI is InChI=1S/C9H16N2O/c1-4-7-8(5-6(2)3)12-9(10)11-7/h6H,4-5H2,1-3H3,(H2,10,11). The van der Waals surface area contributed by atoms with Crippen molar-refractivity contribution in [2.24, 2.45) is 5.92 Å². The smallest absolute Gasteiger partial charge is 0.292 e. The van der Waals surface area contributed by atoms with Gasteiger partial charge in [0.05, 0.1) is 5.69 Å². The van der Waals surface area contributed by atoms with Crippen molar-refractivity contribution in [2.45, 2.75) is 33.6 Å². The van der Waals surface area contributed by atoms with Crippen molar-refractivity contribution >= 4 is 6.01 Å². The molecule has 68 valence electrons. The van der Waals surface area contributed by atoms with Gasteiger partial charge >= 0.3 is 0 Å². The first-order valence-electron chi connectivity index (χ1n) is 4.37. The molecule has 0 amide bonds. The lowest BCUT2D eigenvalue weighted by atomic mass is 10.1. The van der Waals surface area contributed by atoms with Crippen LogP contribution in [0.1, 0.15) is 32.2 Å². The molecule has 0 radical (unpaired) electrons. The van der Waals surface area contributed by atoms with Gasteiger partial charge in [-0.25, -0.2) is 0 Å². The van der Waals surface area contributed by atoms with E-state index in [9.17, 15) is 0 Å². The van der Waals surface area contributed by atoms with Crippen molar-refractivity contribution in [3.05, 3.63) is 11.5 Å². The molecule has 0 aromatic carbocycles. The van der Waals surface area contributed by atoms with Gasteiger partial charge in [0, 0.05) is 6.42 Å². The molecular formula is C9H16N2O. The number of rotatable bonds is 3. The fraction of sp³-hybridized carbons (Fsp3) is 0.667. The average molecular weight is 168 g/mol. The minimum atomic E-state index is 0.294. The van der Waals surface area contributed by atoms with Gasteiger partial charge in [-0.3, -0.25) is 0 Å². The SMILES string of the molecule is CCc1nc(N)oc1CC(C)C. The Balaban J connectivity index is 2.81. The Labute approximate surface area is 73.0 Å². The van der Waals surface area contributed by atoms with Crippen LogP contribution in [0.3, 0.4) is 0 Å². The Kier molecular flexibility index (Phi) is 2.74. The monoisotopic (exact) mass is 168 g/mol. The number of anilines is 1. The van der Waals surface area contributed by atoms with Crippen LogP contribution < -0.4 is 5.73 Å². The van der Waals surface area contributed by atoms with E-state index in [0.29, 0.717) is 11.9 Å². The lowest BCUT2D eigenvalue weighted by Crippen LogP contribution is -1.96. The maximum Gasteiger partial charge on any atom is 0.292 e. The van der Waals surface area contributed by atoms with Gasteiger partial charge in [0.2, 0.25) is 0 Å². The van der Waals surface area contributed by atoms with E-state index in [2.05, 4.69) is 25.8 Å². The summed E-state index contributed by atoms with van der Waals surface area (Å²) < 4.78 is 5.28. The maximum atomic E-state index is 5.45. The van der Waals surface area contributed by atoms with Crippen molar-refractivity contribution < 1.29 is 4.42 Å². The molecule has 0 saturated heterocycles. The van der Waals surface area contributed by atoms with Crippen LogP contribution in [0.4, 0.5) is 6.01 Å². The molecule has 0 bridgehead atoms. The quantitative estimate of drug-likeness (QED) is 0.751. The summed E-state index contributed by atoms with van der Waals surface area (Å²) in [6.07, 6.45) is 1.82. The number of nitrogen functional groups attached to an aromatic ring is 1. The Morgan fingerprint density at radius 2 is 2.17 bits per heavy atom. The molecule has 1 aromatic rings. The largest absolute Gasteiger partial charge is 0.429 e. The van der Waals surface area contributed by atoms with Crippen LogP contribution in [0, 0.1) is 5.92 Å². The van der Waals surface area contributed by atoms with Gasteiger partial charge in [-0.05, 0) is 12.3 Å². The molecule has 1 rings (SSSR count). The van der Waals surface area contributed by atoms with E-state index in [-0.39, 0.29) is 0 Å². The predicted octanol–water partition coefficient (Wildman–Crippen LogP) is 2.02. The van der Waals surface area contributed by atoms with Crippen LogP contribution in [0.5, 0.6) is 0 Å². The van der Waals surface area contributed by atoms with Crippen LogP contribution in [0.25, 0.3) is 0 Å². The van der Waals surface area contributed by atoms with E-state index >= 15 is 0 Å². The maximum absolute atomic E-state index is 5.45. The third kappa shape index (κ3) is 2.00. The van der Waals surface area contributed by atoms with Crippen molar-refractivity contribution in [1.29, 1.82) is 0 Å². The normalized spacial score (nSPS) is 11.0. The molecule has 0 spiro atoms. The molecule has 12 heavy (non-hydrogen) atoms. The lowest BCUT2D eigenvalue weighted by molar-refractivity contribution is 0.479. The first-order valence-corrected chi connectivity index (χ1v) is 4.37. The molecule has 0 aliphatic heterocycles. The highest BCUT2D eigenvalue weighted by Gasteiger charge is 2.10. The highest BCUT2D eigenvalue weighted by molar-refractivity contribution is 5.20. The molecule has 1 heterocycles. The van der Waals surface area contributed by atoms with Crippen LogP contribution in [-0.4, -0.2) is 4.98 Å². The summed E-state index contributed by atoms with van der Waals surface area (Å²) in [6, 6.07) is 0.294. The van der Waals surface area contributed by atoms with Crippen LogP contribution in [-0.2, 0) is 12.8 Å². The molecule has 1 aromatic heterocycles. The van der Waals surface area contributed by atoms with E-state index < -0.39 is 0 Å².